The van der Waals surface area contributed by atoms with Crippen LogP contribution in [0.15, 0.2) is 54.7 Å². The van der Waals surface area contributed by atoms with E-state index in [1.165, 1.54) is 12.1 Å². The summed E-state index contributed by atoms with van der Waals surface area (Å²) in [6, 6.07) is 8.44. The van der Waals surface area contributed by atoms with Crippen molar-refractivity contribution in [1.82, 2.24) is 31.2 Å². The molecule has 2 aromatic carbocycles. The number of morpholine rings is 1. The number of rotatable bonds is 17. The van der Waals surface area contributed by atoms with E-state index in [0.717, 1.165) is 32.1 Å². The SMILES string of the molecule is C=C(N[C@]1(C(=O)N[C@H](C(=O)NCCCN2CCOCC2)C(C)CC)CCc2[nH]c3c(C(F)(F)F)cccc3c2C1)[C@@H](NC(=O)Cc1ccccc1F)C(C)CC. The van der Waals surface area contributed by atoms with E-state index in [-0.39, 0.29) is 54.5 Å². The van der Waals surface area contributed by atoms with Gasteiger partial charge in [-0.3, -0.25) is 19.3 Å². The highest BCUT2D eigenvalue weighted by molar-refractivity contribution is 5.95. The van der Waals surface area contributed by atoms with Crippen molar-refractivity contribution in [1.29, 1.82) is 0 Å². The first-order valence-corrected chi connectivity index (χ1v) is 19.8. The molecule has 1 aromatic heterocycles. The lowest BCUT2D eigenvalue weighted by Crippen LogP contribution is -2.64. The van der Waals surface area contributed by atoms with Gasteiger partial charge in [-0.25, -0.2) is 4.39 Å². The van der Waals surface area contributed by atoms with Crippen molar-refractivity contribution in [2.75, 3.05) is 39.4 Å². The van der Waals surface area contributed by atoms with Crippen LogP contribution in [-0.4, -0.2) is 84.6 Å². The predicted octanol–water partition coefficient (Wildman–Crippen LogP) is 5.80. The fourth-order valence-corrected chi connectivity index (χ4v) is 7.73. The summed E-state index contributed by atoms with van der Waals surface area (Å²) in [5.74, 6) is -2.17. The van der Waals surface area contributed by atoms with Crippen LogP contribution in [0.25, 0.3) is 10.9 Å². The van der Waals surface area contributed by atoms with E-state index in [2.05, 4.69) is 37.7 Å². The number of aromatic amines is 1. The molecule has 306 valence electrons. The van der Waals surface area contributed by atoms with Gasteiger partial charge in [-0.2, -0.15) is 13.2 Å². The van der Waals surface area contributed by atoms with E-state index in [1.54, 1.807) is 24.3 Å². The third-order valence-electron chi connectivity index (χ3n) is 11.5. The topological polar surface area (TPSA) is 128 Å². The fraction of sp³-hybridized carbons (Fsp3) is 0.548. The molecule has 2 unspecified atom stereocenters. The molecule has 0 saturated carbocycles. The zero-order valence-corrected chi connectivity index (χ0v) is 32.8. The van der Waals surface area contributed by atoms with E-state index >= 15 is 0 Å². The molecule has 1 saturated heterocycles. The Morgan fingerprint density at radius 3 is 2.36 bits per heavy atom. The number of halogens is 4. The Morgan fingerprint density at radius 1 is 0.982 bits per heavy atom. The highest BCUT2D eigenvalue weighted by Gasteiger charge is 2.46. The zero-order valence-electron chi connectivity index (χ0n) is 32.8. The van der Waals surface area contributed by atoms with E-state index in [9.17, 15) is 31.9 Å². The minimum Gasteiger partial charge on any atom is -0.379 e. The number of benzene rings is 2. The summed E-state index contributed by atoms with van der Waals surface area (Å²) in [5.41, 5.74) is -0.596. The number of nitrogens with zero attached hydrogens (tertiary/aromatic N) is 1. The molecular weight excluding hydrogens is 728 g/mol. The number of aromatic nitrogens is 1. The first-order chi connectivity index (χ1) is 26.7. The molecule has 0 spiro atoms. The Kier molecular flexibility index (Phi) is 14.2. The minimum atomic E-state index is -4.60. The van der Waals surface area contributed by atoms with E-state index in [0.29, 0.717) is 54.9 Å². The number of nitrogens with one attached hydrogen (secondary N) is 5. The lowest BCUT2D eigenvalue weighted by molar-refractivity contribution is -0.136. The van der Waals surface area contributed by atoms with Gasteiger partial charge in [0.05, 0.1) is 36.8 Å². The molecule has 5 rings (SSSR count). The number of para-hydroxylation sites is 1. The smallest absolute Gasteiger partial charge is 0.379 e. The van der Waals surface area contributed by atoms with Gasteiger partial charge in [0, 0.05) is 42.8 Å². The van der Waals surface area contributed by atoms with E-state index in [4.69, 9.17) is 4.74 Å². The monoisotopic (exact) mass is 784 g/mol. The predicted molar refractivity (Wildman–Crippen MR) is 208 cm³/mol. The second kappa shape index (κ2) is 18.7. The highest BCUT2D eigenvalue weighted by Crippen LogP contribution is 2.40. The van der Waals surface area contributed by atoms with Crippen molar-refractivity contribution in [3.05, 3.63) is 82.9 Å². The molecular formula is C42H56F4N6O4. The average molecular weight is 785 g/mol. The lowest BCUT2D eigenvalue weighted by Gasteiger charge is -2.41. The van der Waals surface area contributed by atoms with Crippen molar-refractivity contribution in [2.45, 2.75) is 96.4 Å². The molecule has 5 atom stereocenters. The van der Waals surface area contributed by atoms with E-state index in [1.807, 2.05) is 27.7 Å². The van der Waals surface area contributed by atoms with Crippen LogP contribution in [0.3, 0.4) is 0 Å². The fourth-order valence-electron chi connectivity index (χ4n) is 7.73. The highest BCUT2D eigenvalue weighted by atomic mass is 19.4. The molecule has 0 bridgehead atoms. The van der Waals surface area contributed by atoms with Gasteiger partial charge in [0.15, 0.2) is 0 Å². The summed E-state index contributed by atoms with van der Waals surface area (Å²) in [6.07, 6.45) is -2.50. The molecule has 10 nitrogen and oxygen atoms in total. The Hall–Kier alpha value is -4.43. The average Bonchev–Trinajstić information content (AvgIpc) is 3.55. The van der Waals surface area contributed by atoms with Gasteiger partial charge in [-0.15, -0.1) is 0 Å². The van der Waals surface area contributed by atoms with Crippen molar-refractivity contribution in [2.24, 2.45) is 11.8 Å². The maximum absolute atomic E-state index is 14.9. The first kappa shape index (κ1) is 42.7. The first-order valence-electron chi connectivity index (χ1n) is 19.8. The van der Waals surface area contributed by atoms with Crippen LogP contribution in [0.4, 0.5) is 17.6 Å². The largest absolute Gasteiger partial charge is 0.418 e. The molecule has 3 aromatic rings. The van der Waals surface area contributed by atoms with Crippen LogP contribution in [0.2, 0.25) is 0 Å². The van der Waals surface area contributed by atoms with Gasteiger partial charge in [-0.1, -0.05) is 77.4 Å². The number of carbonyl (C=O) groups excluding carboxylic acids is 3. The van der Waals surface area contributed by atoms with Gasteiger partial charge >= 0.3 is 6.18 Å². The molecule has 3 amide bonds. The number of amides is 3. The minimum absolute atomic E-state index is 0.0146. The van der Waals surface area contributed by atoms with Gasteiger partial charge < -0.3 is 31.0 Å². The Labute approximate surface area is 326 Å². The Balaban J connectivity index is 1.43. The number of H-pyrrole nitrogens is 1. The van der Waals surface area contributed by atoms with E-state index < -0.39 is 47.0 Å². The van der Waals surface area contributed by atoms with Crippen molar-refractivity contribution < 1.29 is 36.7 Å². The maximum atomic E-state index is 14.9. The Bertz CT molecular complexity index is 1860. The van der Waals surface area contributed by atoms with Crippen molar-refractivity contribution >= 4 is 28.6 Å². The number of fused-ring (bicyclic) bond motifs is 3. The molecule has 14 heteroatoms. The number of hydrogen-bond donors (Lipinski definition) is 5. The third kappa shape index (κ3) is 10.1. The van der Waals surface area contributed by atoms with Crippen LogP contribution in [0.5, 0.6) is 0 Å². The molecule has 5 N–H and O–H groups in total. The third-order valence-corrected chi connectivity index (χ3v) is 11.5. The zero-order chi connectivity index (χ0) is 40.6. The number of aryl methyl sites for hydroxylation is 1. The van der Waals surface area contributed by atoms with Crippen LogP contribution >= 0.6 is 0 Å². The van der Waals surface area contributed by atoms with Crippen LogP contribution < -0.4 is 21.3 Å². The summed E-state index contributed by atoms with van der Waals surface area (Å²) < 4.78 is 62.3. The molecule has 2 heterocycles. The molecule has 0 radical (unpaired) electrons. The number of alkyl halides is 3. The van der Waals surface area contributed by atoms with Crippen molar-refractivity contribution in [3.63, 3.8) is 0 Å². The van der Waals surface area contributed by atoms with Gasteiger partial charge in [0.2, 0.25) is 17.7 Å². The molecule has 2 aliphatic rings. The Morgan fingerprint density at radius 2 is 1.68 bits per heavy atom. The molecule has 56 heavy (non-hydrogen) atoms. The molecule has 1 aliphatic carbocycles. The van der Waals surface area contributed by atoms with Gasteiger partial charge in [0.25, 0.3) is 0 Å². The normalized spacial score (nSPS) is 19.6. The molecule has 1 fully saturated rings. The van der Waals surface area contributed by atoms with Gasteiger partial charge in [0.1, 0.15) is 17.4 Å². The second-order valence-electron chi connectivity index (χ2n) is 15.4. The number of hydrogen-bond acceptors (Lipinski definition) is 6. The van der Waals surface area contributed by atoms with Crippen molar-refractivity contribution in [3.8, 4) is 0 Å². The summed E-state index contributed by atoms with van der Waals surface area (Å²) in [6.45, 7) is 16.2. The van der Waals surface area contributed by atoms with Crippen LogP contribution in [-0.2, 0) is 44.6 Å². The van der Waals surface area contributed by atoms with Crippen LogP contribution in [0, 0.1) is 17.7 Å². The number of carbonyl (C=O) groups is 3. The molecule has 1 aliphatic heterocycles. The van der Waals surface area contributed by atoms with Gasteiger partial charge in [-0.05, 0) is 60.9 Å². The maximum Gasteiger partial charge on any atom is 0.418 e. The quantitative estimate of drug-likeness (QED) is 0.0871. The summed E-state index contributed by atoms with van der Waals surface area (Å²) in [7, 11) is 0. The second-order valence-corrected chi connectivity index (χ2v) is 15.4. The lowest BCUT2D eigenvalue weighted by atomic mass is 9.77. The summed E-state index contributed by atoms with van der Waals surface area (Å²) >= 11 is 0. The number of ether oxygens (including phenoxy) is 1. The summed E-state index contributed by atoms with van der Waals surface area (Å²) in [5, 5.41) is 12.8. The summed E-state index contributed by atoms with van der Waals surface area (Å²) in [4.78, 5) is 47.2. The van der Waals surface area contributed by atoms with Crippen LogP contribution in [0.1, 0.15) is 75.8 Å². The standard InChI is InChI=1S/C42H56F4N6O4/c1-6-26(3)36(49-35(53)24-29-12-8-9-15-33(29)43)28(5)51-41(17-16-34-31(25-41)30-13-10-14-32(38(30)48-34)42(44,45)46)40(55)50-37(27(4)7-2)39(54)47-18-11-19-52-20-22-56-23-21-52/h8-10,12-15,26-27,36-37,48,51H,5-7,11,16-25H2,1-4H3,(H,47,54)(H,49,53)(H,50,55)/t26?,27?,36-,37-,41+/m0/s1.